The molecule has 0 atom stereocenters. The van der Waals surface area contributed by atoms with Gasteiger partial charge in [0.25, 0.3) is 5.92 Å². The Balaban J connectivity index is 2.60. The Morgan fingerprint density at radius 3 is 2.23 bits per heavy atom. The van der Waals surface area contributed by atoms with Crippen LogP contribution in [0, 0.1) is 0 Å². The summed E-state index contributed by atoms with van der Waals surface area (Å²) in [7, 11) is -4.29. The second-order valence-corrected chi connectivity index (χ2v) is 4.21. The van der Waals surface area contributed by atoms with Gasteiger partial charge in [-0.05, 0) is 0 Å². The highest BCUT2D eigenvalue weighted by molar-refractivity contribution is 7.87. The van der Waals surface area contributed by atoms with Crippen LogP contribution < -0.4 is 4.72 Å². The average molecular weight is 216 g/mol. The minimum Gasteiger partial charge on any atom is -0.464 e. The molecule has 0 unspecified atom stereocenters. The summed E-state index contributed by atoms with van der Waals surface area (Å²) in [6, 6.07) is 0. The van der Waals surface area contributed by atoms with Crippen LogP contribution in [0.2, 0.25) is 0 Å². The molecule has 1 saturated heterocycles. The number of alkyl halides is 2. The number of amides is 1. The van der Waals surface area contributed by atoms with Gasteiger partial charge >= 0.3 is 16.3 Å². The van der Waals surface area contributed by atoms with E-state index in [0.717, 1.165) is 4.72 Å². The van der Waals surface area contributed by atoms with E-state index in [2.05, 4.69) is 0 Å². The molecule has 1 heterocycles. The fraction of sp³-hybridized carbons (Fsp3) is 0.750. The largest absolute Gasteiger partial charge is 0.464 e. The number of rotatable bonds is 2. The molecule has 1 aliphatic rings. The lowest BCUT2D eigenvalue weighted by Crippen LogP contribution is -2.61. The molecule has 0 radical (unpaired) electrons. The molecule has 1 fully saturated rings. The van der Waals surface area contributed by atoms with E-state index in [0.29, 0.717) is 4.31 Å². The van der Waals surface area contributed by atoms with Crippen molar-refractivity contribution < 1.29 is 27.1 Å². The first-order chi connectivity index (χ1) is 5.73. The maximum Gasteiger partial charge on any atom is 0.419 e. The Morgan fingerprint density at radius 1 is 1.46 bits per heavy atom. The second kappa shape index (κ2) is 2.77. The third-order valence-corrected chi connectivity index (χ3v) is 2.74. The summed E-state index contributed by atoms with van der Waals surface area (Å²) in [6.07, 6.45) is -1.80. The fourth-order valence-electron chi connectivity index (χ4n) is 0.815. The van der Waals surface area contributed by atoms with Gasteiger partial charge in [0.15, 0.2) is 0 Å². The van der Waals surface area contributed by atoms with Crippen LogP contribution in [0.15, 0.2) is 0 Å². The van der Waals surface area contributed by atoms with Crippen LogP contribution >= 0.6 is 0 Å². The molecule has 76 valence electrons. The average Bonchev–Trinajstić information content (AvgIpc) is 1.79. The lowest BCUT2D eigenvalue weighted by molar-refractivity contribution is -0.0948. The summed E-state index contributed by atoms with van der Waals surface area (Å²) >= 11 is 0. The van der Waals surface area contributed by atoms with E-state index in [1.165, 1.54) is 0 Å². The first kappa shape index (κ1) is 10.1. The summed E-state index contributed by atoms with van der Waals surface area (Å²) in [5.74, 6) is -3.05. The zero-order chi connectivity index (χ0) is 10.3. The Kier molecular flexibility index (Phi) is 2.16. The van der Waals surface area contributed by atoms with Crippen molar-refractivity contribution in [2.75, 3.05) is 13.1 Å². The maximum absolute atomic E-state index is 12.2. The highest BCUT2D eigenvalue weighted by Crippen LogP contribution is 2.28. The van der Waals surface area contributed by atoms with Crippen LogP contribution in [0.5, 0.6) is 0 Å². The number of halogens is 2. The van der Waals surface area contributed by atoms with Gasteiger partial charge in [-0.15, -0.1) is 0 Å². The first-order valence-electron chi connectivity index (χ1n) is 3.12. The molecule has 0 aromatic carbocycles. The summed E-state index contributed by atoms with van der Waals surface area (Å²) < 4.78 is 47.5. The zero-order valence-corrected chi connectivity index (χ0v) is 7.01. The quantitative estimate of drug-likeness (QED) is 0.648. The van der Waals surface area contributed by atoms with Crippen molar-refractivity contribution in [3.63, 3.8) is 0 Å². The molecule has 1 amide bonds. The Hall–Kier alpha value is -0.960. The van der Waals surface area contributed by atoms with E-state index in [4.69, 9.17) is 5.11 Å². The van der Waals surface area contributed by atoms with E-state index in [9.17, 15) is 22.0 Å². The lowest BCUT2D eigenvalue weighted by atomic mass is 10.2. The van der Waals surface area contributed by atoms with Gasteiger partial charge in [-0.2, -0.15) is 12.7 Å². The van der Waals surface area contributed by atoms with Crippen LogP contribution in [0.3, 0.4) is 0 Å². The normalized spacial score (nSPS) is 22.0. The topological polar surface area (TPSA) is 86.7 Å². The Labute approximate surface area is 72.3 Å². The molecule has 9 heteroatoms. The van der Waals surface area contributed by atoms with Crippen molar-refractivity contribution in [3.8, 4) is 0 Å². The van der Waals surface area contributed by atoms with Gasteiger partial charge in [0.2, 0.25) is 0 Å². The van der Waals surface area contributed by atoms with Gasteiger partial charge in [-0.1, -0.05) is 0 Å². The number of carboxylic acid groups (broad SMARTS) is 1. The van der Waals surface area contributed by atoms with Crippen molar-refractivity contribution in [2.24, 2.45) is 0 Å². The SMILES string of the molecule is O=C(O)NS(=O)(=O)N1CC(F)(F)C1. The highest BCUT2D eigenvalue weighted by atomic mass is 32.2. The third-order valence-electron chi connectivity index (χ3n) is 1.37. The molecule has 2 N–H and O–H groups in total. The monoisotopic (exact) mass is 216 g/mol. The molecule has 0 spiro atoms. The summed E-state index contributed by atoms with van der Waals surface area (Å²) in [5, 5.41) is 8.04. The molecule has 0 aromatic heterocycles. The second-order valence-electron chi connectivity index (χ2n) is 2.54. The minimum absolute atomic E-state index is 0.348. The molecule has 1 rings (SSSR count). The van der Waals surface area contributed by atoms with Gasteiger partial charge in [0, 0.05) is 0 Å². The van der Waals surface area contributed by atoms with Crippen molar-refractivity contribution in [3.05, 3.63) is 0 Å². The van der Waals surface area contributed by atoms with Crippen molar-refractivity contribution in [1.82, 2.24) is 9.03 Å². The predicted octanol–water partition coefficient (Wildman–Crippen LogP) is -0.550. The van der Waals surface area contributed by atoms with Crippen LogP contribution in [-0.4, -0.2) is 42.9 Å². The molecule has 13 heavy (non-hydrogen) atoms. The van der Waals surface area contributed by atoms with Gasteiger partial charge in [0.1, 0.15) is 0 Å². The smallest absolute Gasteiger partial charge is 0.419 e. The van der Waals surface area contributed by atoms with Crippen LogP contribution in [-0.2, 0) is 10.2 Å². The van der Waals surface area contributed by atoms with Gasteiger partial charge in [0.05, 0.1) is 13.1 Å². The van der Waals surface area contributed by atoms with E-state index in [1.54, 1.807) is 0 Å². The number of carbonyl (C=O) groups is 1. The third kappa shape index (κ3) is 2.25. The fourth-order valence-corrected chi connectivity index (χ4v) is 1.88. The Morgan fingerprint density at radius 2 is 1.92 bits per heavy atom. The number of nitrogens with one attached hydrogen (secondary N) is 1. The zero-order valence-electron chi connectivity index (χ0n) is 6.20. The van der Waals surface area contributed by atoms with Gasteiger partial charge in [-0.3, -0.25) is 0 Å². The summed E-state index contributed by atoms with van der Waals surface area (Å²) in [6.45, 7) is -1.95. The summed E-state index contributed by atoms with van der Waals surface area (Å²) in [5.41, 5.74) is 0. The van der Waals surface area contributed by atoms with E-state index < -0.39 is 35.3 Å². The highest BCUT2D eigenvalue weighted by Gasteiger charge is 2.49. The van der Waals surface area contributed by atoms with E-state index in [1.807, 2.05) is 0 Å². The number of nitrogens with zero attached hydrogens (tertiary/aromatic N) is 1. The summed E-state index contributed by atoms with van der Waals surface area (Å²) in [4.78, 5) is 9.92. The molecule has 0 bridgehead atoms. The molecule has 6 nitrogen and oxygen atoms in total. The lowest BCUT2D eigenvalue weighted by Gasteiger charge is -2.36. The van der Waals surface area contributed by atoms with Gasteiger partial charge in [-0.25, -0.2) is 18.3 Å². The molecule has 0 saturated carbocycles. The van der Waals surface area contributed by atoms with Crippen molar-refractivity contribution in [1.29, 1.82) is 0 Å². The number of hydrogen-bond donors (Lipinski definition) is 2. The van der Waals surface area contributed by atoms with Crippen molar-refractivity contribution in [2.45, 2.75) is 5.92 Å². The number of hydrogen-bond acceptors (Lipinski definition) is 3. The molecule has 0 aliphatic carbocycles. The predicted molar refractivity (Wildman–Crippen MR) is 36.6 cm³/mol. The van der Waals surface area contributed by atoms with Crippen LogP contribution in [0.1, 0.15) is 0 Å². The van der Waals surface area contributed by atoms with Crippen LogP contribution in [0.25, 0.3) is 0 Å². The van der Waals surface area contributed by atoms with Gasteiger partial charge < -0.3 is 5.11 Å². The minimum atomic E-state index is -4.29. The standard InChI is InChI=1S/C4H6F2N2O4S/c5-4(6)1-8(2-4)13(11,12)7-3(9)10/h7H,1-2H2,(H,9,10). The molecule has 0 aromatic rings. The van der Waals surface area contributed by atoms with E-state index in [-0.39, 0.29) is 0 Å². The van der Waals surface area contributed by atoms with E-state index >= 15 is 0 Å². The Bertz CT molecular complexity index is 319. The van der Waals surface area contributed by atoms with Crippen LogP contribution in [0.4, 0.5) is 13.6 Å². The maximum atomic E-state index is 12.2. The molecular weight excluding hydrogens is 210 g/mol. The van der Waals surface area contributed by atoms with Crippen molar-refractivity contribution >= 4 is 16.3 Å². The first-order valence-corrected chi connectivity index (χ1v) is 4.56. The molecular formula is C4H6F2N2O4S. The molecule has 1 aliphatic heterocycles.